The zero-order valence-electron chi connectivity index (χ0n) is 13.1. The monoisotopic (exact) mass is 320 g/mol. The highest BCUT2D eigenvalue weighted by Crippen LogP contribution is 2.10. The summed E-state index contributed by atoms with van der Waals surface area (Å²) in [6.07, 6.45) is 6.41. The Balaban J connectivity index is 2.28. The molecule has 1 aliphatic rings. The van der Waals surface area contributed by atoms with Gasteiger partial charge >= 0.3 is 0 Å². The second-order valence-electron chi connectivity index (χ2n) is 5.56. The Morgan fingerprint density at radius 2 is 2.10 bits per heavy atom. The van der Waals surface area contributed by atoms with E-state index in [0.717, 1.165) is 38.7 Å². The molecule has 1 rings (SSSR count). The van der Waals surface area contributed by atoms with Gasteiger partial charge in [0, 0.05) is 32.7 Å². The van der Waals surface area contributed by atoms with Crippen LogP contribution in [-0.4, -0.2) is 57.2 Å². The largest absolute Gasteiger partial charge is 0.376 e. The maximum absolute atomic E-state index is 11.8. The Bertz CT molecular complexity index is 405. The zero-order valence-corrected chi connectivity index (χ0v) is 14.0. The Morgan fingerprint density at radius 3 is 2.67 bits per heavy atom. The van der Waals surface area contributed by atoms with Gasteiger partial charge in [-0.15, -0.1) is 0 Å². The smallest absolute Gasteiger partial charge is 0.221 e. The molecular weight excluding hydrogens is 292 g/mol. The van der Waals surface area contributed by atoms with Gasteiger partial charge in [0.05, 0.1) is 12.4 Å². The molecule has 1 unspecified atom stereocenters. The van der Waals surface area contributed by atoms with Crippen molar-refractivity contribution in [3.05, 3.63) is 0 Å². The summed E-state index contributed by atoms with van der Waals surface area (Å²) in [5, 5.41) is 2.81. The number of sulfonamides is 1. The molecule has 124 valence electrons. The zero-order chi connectivity index (χ0) is 15.7. The van der Waals surface area contributed by atoms with Crippen molar-refractivity contribution in [2.24, 2.45) is 0 Å². The van der Waals surface area contributed by atoms with E-state index in [0.29, 0.717) is 13.1 Å². The molecule has 0 radical (unpaired) electrons. The van der Waals surface area contributed by atoms with Crippen LogP contribution in [0.3, 0.4) is 0 Å². The molecule has 0 saturated carbocycles. The Morgan fingerprint density at radius 1 is 1.33 bits per heavy atom. The number of rotatable bonds is 10. The lowest BCUT2D eigenvalue weighted by atomic mass is 10.2. The van der Waals surface area contributed by atoms with Gasteiger partial charge in [-0.3, -0.25) is 4.79 Å². The molecule has 0 spiro atoms. The van der Waals surface area contributed by atoms with Crippen LogP contribution in [0.15, 0.2) is 0 Å². The van der Waals surface area contributed by atoms with Crippen molar-refractivity contribution in [3.8, 4) is 0 Å². The van der Waals surface area contributed by atoms with Crippen LogP contribution in [0.1, 0.15) is 45.4 Å². The number of nitrogens with one attached hydrogen (secondary N) is 1. The summed E-state index contributed by atoms with van der Waals surface area (Å²) in [5.41, 5.74) is 0. The van der Waals surface area contributed by atoms with Crippen molar-refractivity contribution in [1.82, 2.24) is 9.62 Å². The second kappa shape index (κ2) is 9.38. The van der Waals surface area contributed by atoms with Crippen molar-refractivity contribution in [1.29, 1.82) is 0 Å². The Kier molecular flexibility index (Phi) is 8.21. The number of hydrogen-bond acceptors (Lipinski definition) is 4. The van der Waals surface area contributed by atoms with E-state index >= 15 is 0 Å². The second-order valence-corrected chi connectivity index (χ2v) is 7.54. The molecule has 1 heterocycles. The van der Waals surface area contributed by atoms with Crippen LogP contribution in [0, 0.1) is 0 Å². The van der Waals surface area contributed by atoms with Gasteiger partial charge in [0.1, 0.15) is 0 Å². The minimum absolute atomic E-state index is 0.115. The highest BCUT2D eigenvalue weighted by molar-refractivity contribution is 7.88. The maximum atomic E-state index is 11.8. The average molecular weight is 320 g/mol. The average Bonchev–Trinajstić information content (AvgIpc) is 2.92. The van der Waals surface area contributed by atoms with Crippen molar-refractivity contribution in [2.45, 2.75) is 51.6 Å². The van der Waals surface area contributed by atoms with Gasteiger partial charge in [0.15, 0.2) is 0 Å². The fourth-order valence-corrected chi connectivity index (χ4v) is 3.21. The molecule has 1 atom stereocenters. The topological polar surface area (TPSA) is 75.7 Å². The molecular formula is C14H28N2O4S. The van der Waals surface area contributed by atoms with Crippen LogP contribution in [0.4, 0.5) is 0 Å². The van der Waals surface area contributed by atoms with E-state index in [-0.39, 0.29) is 25.0 Å². The van der Waals surface area contributed by atoms with Crippen LogP contribution >= 0.6 is 0 Å². The van der Waals surface area contributed by atoms with Crippen LogP contribution in [-0.2, 0) is 19.6 Å². The lowest BCUT2D eigenvalue weighted by molar-refractivity contribution is -0.121. The van der Waals surface area contributed by atoms with Crippen LogP contribution in [0.25, 0.3) is 0 Å². The summed E-state index contributed by atoms with van der Waals surface area (Å²) in [6, 6.07) is 0. The normalized spacial score (nSPS) is 19.1. The molecule has 0 aromatic heterocycles. The van der Waals surface area contributed by atoms with Gasteiger partial charge in [0.2, 0.25) is 15.9 Å². The van der Waals surface area contributed by atoms with E-state index in [2.05, 4.69) is 12.2 Å². The van der Waals surface area contributed by atoms with E-state index < -0.39 is 10.0 Å². The number of hydrogen-bond donors (Lipinski definition) is 1. The van der Waals surface area contributed by atoms with Crippen molar-refractivity contribution >= 4 is 15.9 Å². The third-order valence-electron chi connectivity index (χ3n) is 3.62. The molecule has 0 aromatic rings. The summed E-state index contributed by atoms with van der Waals surface area (Å²) < 4.78 is 30.2. The number of unbranched alkanes of at least 4 members (excludes halogenated alkanes) is 2. The first-order valence-corrected chi connectivity index (χ1v) is 9.61. The van der Waals surface area contributed by atoms with Crippen molar-refractivity contribution in [2.75, 3.05) is 32.5 Å². The molecule has 7 heteroatoms. The third-order valence-corrected chi connectivity index (χ3v) is 4.92. The predicted octanol–water partition coefficient (Wildman–Crippen LogP) is 1.12. The van der Waals surface area contributed by atoms with Gasteiger partial charge in [-0.25, -0.2) is 12.7 Å². The van der Waals surface area contributed by atoms with E-state index in [1.807, 2.05) is 0 Å². The molecule has 1 saturated heterocycles. The highest BCUT2D eigenvalue weighted by atomic mass is 32.2. The molecule has 0 aromatic carbocycles. The lowest BCUT2D eigenvalue weighted by Gasteiger charge is -2.19. The van der Waals surface area contributed by atoms with Gasteiger partial charge in [0.25, 0.3) is 0 Å². The molecule has 1 fully saturated rings. The van der Waals surface area contributed by atoms with E-state index in [1.54, 1.807) is 0 Å². The quantitative estimate of drug-likeness (QED) is 0.612. The number of nitrogens with zero attached hydrogens (tertiary/aromatic N) is 1. The van der Waals surface area contributed by atoms with Crippen molar-refractivity contribution in [3.63, 3.8) is 0 Å². The number of amides is 1. The van der Waals surface area contributed by atoms with Gasteiger partial charge in [-0.2, -0.15) is 0 Å². The van der Waals surface area contributed by atoms with Crippen LogP contribution < -0.4 is 5.32 Å². The molecule has 1 amide bonds. The first-order chi connectivity index (χ1) is 9.93. The van der Waals surface area contributed by atoms with Crippen LogP contribution in [0.2, 0.25) is 0 Å². The fraction of sp³-hybridized carbons (Fsp3) is 0.929. The van der Waals surface area contributed by atoms with E-state index in [9.17, 15) is 13.2 Å². The molecule has 0 bridgehead atoms. The predicted molar refractivity (Wildman–Crippen MR) is 82.5 cm³/mol. The van der Waals surface area contributed by atoms with Crippen LogP contribution in [0.5, 0.6) is 0 Å². The summed E-state index contributed by atoms with van der Waals surface area (Å²) in [5.74, 6) is -0.116. The Hall–Kier alpha value is -0.660. The van der Waals surface area contributed by atoms with E-state index in [1.165, 1.54) is 10.6 Å². The fourth-order valence-electron chi connectivity index (χ4n) is 2.33. The summed E-state index contributed by atoms with van der Waals surface area (Å²) >= 11 is 0. The van der Waals surface area contributed by atoms with E-state index in [4.69, 9.17) is 4.74 Å². The third kappa shape index (κ3) is 7.78. The highest BCUT2D eigenvalue weighted by Gasteiger charge is 2.19. The lowest BCUT2D eigenvalue weighted by Crippen LogP contribution is -2.37. The molecule has 1 N–H and O–H groups in total. The SMILES string of the molecule is CCCCCN(CCC(=O)NCC1CCCO1)S(C)(=O)=O. The molecule has 21 heavy (non-hydrogen) atoms. The minimum atomic E-state index is -3.24. The maximum Gasteiger partial charge on any atom is 0.221 e. The first kappa shape index (κ1) is 18.4. The summed E-state index contributed by atoms with van der Waals surface area (Å²) in [7, 11) is -3.24. The number of carbonyl (C=O) groups is 1. The summed E-state index contributed by atoms with van der Waals surface area (Å²) in [4.78, 5) is 11.8. The molecule has 1 aliphatic heterocycles. The standard InChI is InChI=1S/C14H28N2O4S/c1-3-4-5-9-16(21(2,18)19)10-8-14(17)15-12-13-7-6-11-20-13/h13H,3-12H2,1-2H3,(H,15,17). The molecule has 0 aliphatic carbocycles. The Labute approximate surface area is 128 Å². The van der Waals surface area contributed by atoms with Gasteiger partial charge in [-0.05, 0) is 19.3 Å². The van der Waals surface area contributed by atoms with Gasteiger partial charge < -0.3 is 10.1 Å². The summed E-state index contributed by atoms with van der Waals surface area (Å²) in [6.45, 7) is 4.10. The minimum Gasteiger partial charge on any atom is -0.376 e. The first-order valence-electron chi connectivity index (χ1n) is 7.77. The van der Waals surface area contributed by atoms with Gasteiger partial charge in [-0.1, -0.05) is 19.8 Å². The van der Waals surface area contributed by atoms with Crippen molar-refractivity contribution < 1.29 is 17.9 Å². The number of ether oxygens (including phenoxy) is 1. The number of carbonyl (C=O) groups excluding carboxylic acids is 1. The molecule has 6 nitrogen and oxygen atoms in total.